The Balaban J connectivity index is 2.35. The van der Waals surface area contributed by atoms with Gasteiger partial charge in [0.25, 0.3) is 0 Å². The van der Waals surface area contributed by atoms with Crippen LogP contribution in [0.25, 0.3) is 0 Å². The van der Waals surface area contributed by atoms with E-state index >= 15 is 0 Å². The second-order valence-electron chi connectivity index (χ2n) is 8.11. The van der Waals surface area contributed by atoms with Crippen LogP contribution in [-0.2, 0) is 4.74 Å². The number of rotatable bonds is 6. The third kappa shape index (κ3) is 8.02. The summed E-state index contributed by atoms with van der Waals surface area (Å²) in [7, 11) is 1.84. The summed E-state index contributed by atoms with van der Waals surface area (Å²) in [6.07, 6.45) is 2.36. The molecule has 1 rings (SSSR count). The Labute approximate surface area is 143 Å². The zero-order valence-electron chi connectivity index (χ0n) is 16.3. The van der Waals surface area contributed by atoms with Gasteiger partial charge in [0.1, 0.15) is 0 Å². The van der Waals surface area contributed by atoms with Crippen LogP contribution in [0.3, 0.4) is 0 Å². The van der Waals surface area contributed by atoms with E-state index in [0.29, 0.717) is 23.5 Å². The first-order valence-electron chi connectivity index (χ1n) is 9.03. The van der Waals surface area contributed by atoms with Gasteiger partial charge in [-0.15, -0.1) is 0 Å². The highest BCUT2D eigenvalue weighted by molar-refractivity contribution is 5.79. The summed E-state index contributed by atoms with van der Waals surface area (Å²) in [6, 6.07) is 1.39. The van der Waals surface area contributed by atoms with Crippen LogP contribution in [0.4, 0.5) is 0 Å². The average molecular weight is 327 g/mol. The molecule has 5 nitrogen and oxygen atoms in total. The Morgan fingerprint density at radius 3 is 2.61 bits per heavy atom. The number of hydrogen-bond acceptors (Lipinski definition) is 3. The van der Waals surface area contributed by atoms with Crippen molar-refractivity contribution in [1.82, 2.24) is 15.5 Å². The van der Waals surface area contributed by atoms with Gasteiger partial charge in [0.2, 0.25) is 0 Å². The Morgan fingerprint density at radius 2 is 2.04 bits per heavy atom. The fraction of sp³-hybridized carbons (Fsp3) is 0.944. The minimum absolute atomic E-state index is 0.383. The first-order chi connectivity index (χ1) is 10.7. The number of nitrogens with zero attached hydrogens (tertiary/aromatic N) is 2. The van der Waals surface area contributed by atoms with Gasteiger partial charge in [-0.3, -0.25) is 9.89 Å². The fourth-order valence-corrected chi connectivity index (χ4v) is 2.91. The number of hydrogen-bond donors (Lipinski definition) is 2. The first-order valence-corrected chi connectivity index (χ1v) is 9.03. The molecular weight excluding hydrogens is 288 g/mol. The van der Waals surface area contributed by atoms with Crippen LogP contribution in [0, 0.1) is 5.41 Å². The maximum atomic E-state index is 5.52. The molecule has 0 aromatic rings. The summed E-state index contributed by atoms with van der Waals surface area (Å²) in [4.78, 5) is 6.87. The maximum Gasteiger partial charge on any atom is 0.191 e. The lowest BCUT2D eigenvalue weighted by atomic mass is 9.89. The summed E-state index contributed by atoms with van der Waals surface area (Å²) in [5, 5.41) is 6.98. The first kappa shape index (κ1) is 20.2. The molecule has 1 heterocycles. The van der Waals surface area contributed by atoms with Gasteiger partial charge in [-0.05, 0) is 39.0 Å². The quantitative estimate of drug-likeness (QED) is 0.581. The van der Waals surface area contributed by atoms with E-state index in [-0.39, 0.29) is 0 Å². The smallest absolute Gasteiger partial charge is 0.191 e. The molecular formula is C18H38N4O. The number of nitrogens with one attached hydrogen (secondary N) is 2. The molecule has 23 heavy (non-hydrogen) atoms. The van der Waals surface area contributed by atoms with Crippen LogP contribution in [0.1, 0.15) is 54.4 Å². The van der Waals surface area contributed by atoms with Gasteiger partial charge in [-0.25, -0.2) is 0 Å². The third-order valence-corrected chi connectivity index (χ3v) is 4.48. The topological polar surface area (TPSA) is 48.9 Å². The number of morpholine rings is 1. The Hall–Kier alpha value is -0.810. The SMILES string of the molecule is CN=C(NCC(C)N1CCOCC1C)NC(C)CCC(C)(C)C. The Bertz CT molecular complexity index is 365. The molecule has 0 bridgehead atoms. The third-order valence-electron chi connectivity index (χ3n) is 4.48. The van der Waals surface area contributed by atoms with Crippen LogP contribution in [0.15, 0.2) is 4.99 Å². The predicted octanol–water partition coefficient (Wildman–Crippen LogP) is 2.48. The molecule has 0 aromatic carbocycles. The summed E-state index contributed by atoms with van der Waals surface area (Å²) in [6.45, 7) is 17.2. The number of aliphatic imine (C=N–C) groups is 1. The van der Waals surface area contributed by atoms with Gasteiger partial charge >= 0.3 is 0 Å². The van der Waals surface area contributed by atoms with Gasteiger partial charge in [-0.1, -0.05) is 20.8 Å². The van der Waals surface area contributed by atoms with Crippen LogP contribution in [-0.4, -0.2) is 62.3 Å². The Morgan fingerprint density at radius 1 is 1.35 bits per heavy atom. The molecule has 3 atom stereocenters. The highest BCUT2D eigenvalue weighted by Crippen LogP contribution is 2.21. The molecule has 1 aliphatic heterocycles. The molecule has 136 valence electrons. The summed E-state index contributed by atoms with van der Waals surface area (Å²) in [5.74, 6) is 0.902. The van der Waals surface area contributed by atoms with Crippen molar-refractivity contribution < 1.29 is 4.74 Å². The second-order valence-corrected chi connectivity index (χ2v) is 8.11. The van der Waals surface area contributed by atoms with Crippen LogP contribution >= 0.6 is 0 Å². The van der Waals surface area contributed by atoms with E-state index in [2.05, 4.69) is 62.1 Å². The minimum Gasteiger partial charge on any atom is -0.379 e. The number of guanidine groups is 1. The van der Waals surface area contributed by atoms with E-state index in [1.807, 2.05) is 7.05 Å². The lowest BCUT2D eigenvalue weighted by molar-refractivity contribution is -0.0174. The molecule has 0 aliphatic carbocycles. The van der Waals surface area contributed by atoms with E-state index in [9.17, 15) is 0 Å². The standard InChI is InChI=1S/C18H38N4O/c1-14(8-9-18(4,5)6)21-17(19-7)20-12-15(2)22-10-11-23-13-16(22)3/h14-16H,8-13H2,1-7H3,(H2,19,20,21). The van der Waals surface area contributed by atoms with E-state index in [0.717, 1.165) is 38.7 Å². The van der Waals surface area contributed by atoms with E-state index in [4.69, 9.17) is 4.74 Å². The van der Waals surface area contributed by atoms with Gasteiger partial charge in [0, 0.05) is 38.3 Å². The van der Waals surface area contributed by atoms with Crippen molar-refractivity contribution in [2.24, 2.45) is 10.4 Å². The van der Waals surface area contributed by atoms with Crippen molar-refractivity contribution in [2.75, 3.05) is 33.4 Å². The largest absolute Gasteiger partial charge is 0.379 e. The molecule has 2 N–H and O–H groups in total. The van der Waals surface area contributed by atoms with Crippen molar-refractivity contribution in [1.29, 1.82) is 0 Å². The van der Waals surface area contributed by atoms with Crippen molar-refractivity contribution in [3.63, 3.8) is 0 Å². The van der Waals surface area contributed by atoms with Gasteiger partial charge in [0.05, 0.1) is 13.2 Å². The van der Waals surface area contributed by atoms with Crippen LogP contribution in [0.2, 0.25) is 0 Å². The average Bonchev–Trinajstić information content (AvgIpc) is 2.48. The second kappa shape index (κ2) is 9.48. The van der Waals surface area contributed by atoms with Gasteiger partial charge in [0.15, 0.2) is 5.96 Å². The van der Waals surface area contributed by atoms with Crippen molar-refractivity contribution in [3.8, 4) is 0 Å². The zero-order chi connectivity index (χ0) is 17.5. The maximum absolute atomic E-state index is 5.52. The molecule has 3 unspecified atom stereocenters. The van der Waals surface area contributed by atoms with Gasteiger partial charge < -0.3 is 15.4 Å². The highest BCUT2D eigenvalue weighted by Gasteiger charge is 2.23. The lowest BCUT2D eigenvalue weighted by Crippen LogP contribution is -2.53. The van der Waals surface area contributed by atoms with Gasteiger partial charge in [-0.2, -0.15) is 0 Å². The monoisotopic (exact) mass is 326 g/mol. The molecule has 0 spiro atoms. The normalized spacial score (nSPS) is 23.4. The molecule has 0 aromatic heterocycles. The molecule has 1 fully saturated rings. The Kier molecular flexibility index (Phi) is 8.34. The minimum atomic E-state index is 0.383. The molecule has 0 amide bonds. The van der Waals surface area contributed by atoms with Crippen LogP contribution < -0.4 is 10.6 Å². The van der Waals surface area contributed by atoms with E-state index in [1.165, 1.54) is 6.42 Å². The van der Waals surface area contributed by atoms with E-state index < -0.39 is 0 Å². The van der Waals surface area contributed by atoms with Crippen molar-refractivity contribution >= 4 is 5.96 Å². The molecule has 0 radical (unpaired) electrons. The zero-order valence-corrected chi connectivity index (χ0v) is 16.3. The molecule has 0 saturated carbocycles. The predicted molar refractivity (Wildman–Crippen MR) is 99.1 cm³/mol. The van der Waals surface area contributed by atoms with Crippen molar-refractivity contribution in [3.05, 3.63) is 0 Å². The lowest BCUT2D eigenvalue weighted by Gasteiger charge is -2.38. The van der Waals surface area contributed by atoms with Crippen molar-refractivity contribution in [2.45, 2.75) is 72.5 Å². The van der Waals surface area contributed by atoms with Crippen LogP contribution in [0.5, 0.6) is 0 Å². The molecule has 1 saturated heterocycles. The summed E-state index contributed by atoms with van der Waals surface area (Å²) in [5.41, 5.74) is 0.383. The fourth-order valence-electron chi connectivity index (χ4n) is 2.91. The molecule has 5 heteroatoms. The number of ether oxygens (including phenoxy) is 1. The van der Waals surface area contributed by atoms with E-state index in [1.54, 1.807) is 0 Å². The summed E-state index contributed by atoms with van der Waals surface area (Å²) >= 11 is 0. The molecule has 1 aliphatic rings. The summed E-state index contributed by atoms with van der Waals surface area (Å²) < 4.78 is 5.52. The highest BCUT2D eigenvalue weighted by atomic mass is 16.5.